The highest BCUT2D eigenvalue weighted by Gasteiger charge is 2.39. The molecule has 2 heterocycles. The molecule has 1 aliphatic heterocycles. The monoisotopic (exact) mass is 412 g/mol. The predicted molar refractivity (Wildman–Crippen MR) is 108 cm³/mol. The van der Waals surface area contributed by atoms with Crippen LogP contribution in [0.2, 0.25) is 5.02 Å². The Balaban J connectivity index is 1.70. The van der Waals surface area contributed by atoms with Gasteiger partial charge >= 0.3 is 0 Å². The Labute approximate surface area is 171 Å². The maximum atomic E-state index is 12.9. The summed E-state index contributed by atoms with van der Waals surface area (Å²) in [5.74, 6) is 0.404. The van der Waals surface area contributed by atoms with Gasteiger partial charge in [-0.25, -0.2) is 4.68 Å². The molecule has 0 saturated carbocycles. The normalized spacial score (nSPS) is 13.3. The zero-order chi connectivity index (χ0) is 19.7. The molecule has 0 unspecified atom stereocenters. The summed E-state index contributed by atoms with van der Waals surface area (Å²) in [5.41, 5.74) is 1.74. The van der Waals surface area contributed by atoms with Gasteiger partial charge in [-0.05, 0) is 30.2 Å². The van der Waals surface area contributed by atoms with E-state index in [1.165, 1.54) is 11.8 Å². The Morgan fingerprint density at radius 1 is 0.964 bits per heavy atom. The Bertz CT molecular complexity index is 1030. The molecular formula is C20H17ClN4O2S. The number of imide groups is 1. The molecule has 8 heteroatoms. The minimum Gasteiger partial charge on any atom is -0.267 e. The van der Waals surface area contributed by atoms with Crippen LogP contribution in [0, 0.1) is 0 Å². The lowest BCUT2D eigenvalue weighted by atomic mass is 10.1. The third-order valence-electron chi connectivity index (χ3n) is 4.44. The molecule has 1 aromatic heterocycles. The fourth-order valence-electron chi connectivity index (χ4n) is 3.08. The van der Waals surface area contributed by atoms with Gasteiger partial charge < -0.3 is 0 Å². The molecule has 0 radical (unpaired) electrons. The first-order valence-electron chi connectivity index (χ1n) is 8.90. The van der Waals surface area contributed by atoms with E-state index in [0.717, 1.165) is 17.0 Å². The smallest absolute Gasteiger partial charge is 0.267 e. The van der Waals surface area contributed by atoms with Crippen LogP contribution in [-0.2, 0) is 12.2 Å². The zero-order valence-electron chi connectivity index (χ0n) is 15.1. The molecule has 6 nitrogen and oxygen atoms in total. The van der Waals surface area contributed by atoms with Crippen LogP contribution in [0.4, 0.5) is 0 Å². The van der Waals surface area contributed by atoms with Crippen molar-refractivity contribution in [3.05, 3.63) is 76.1 Å². The van der Waals surface area contributed by atoms with Crippen LogP contribution in [0.3, 0.4) is 0 Å². The minimum absolute atomic E-state index is 0.364. The lowest BCUT2D eigenvalue weighted by molar-refractivity contribution is 0.0879. The minimum atomic E-state index is -0.364. The van der Waals surface area contributed by atoms with Gasteiger partial charge in [0.05, 0.1) is 11.1 Å². The number of thioether (sulfide) groups is 1. The van der Waals surface area contributed by atoms with Gasteiger partial charge in [-0.3, -0.25) is 9.59 Å². The van der Waals surface area contributed by atoms with Gasteiger partial charge in [0.1, 0.15) is 0 Å². The molecule has 0 bridgehead atoms. The van der Waals surface area contributed by atoms with Crippen LogP contribution in [0.25, 0.3) is 0 Å². The van der Waals surface area contributed by atoms with Crippen LogP contribution >= 0.6 is 23.4 Å². The van der Waals surface area contributed by atoms with Crippen molar-refractivity contribution < 1.29 is 9.59 Å². The number of benzene rings is 2. The molecule has 2 amide bonds. The van der Waals surface area contributed by atoms with Gasteiger partial charge in [-0.2, -0.15) is 5.01 Å². The Hall–Kier alpha value is -2.64. The van der Waals surface area contributed by atoms with Crippen molar-refractivity contribution in [1.82, 2.24) is 14.9 Å². The molecule has 0 saturated heterocycles. The summed E-state index contributed by atoms with van der Waals surface area (Å²) >= 11 is 7.63. The number of rotatable bonds is 6. The van der Waals surface area contributed by atoms with Crippen LogP contribution in [0.5, 0.6) is 0 Å². The molecule has 0 fully saturated rings. The maximum absolute atomic E-state index is 12.9. The molecule has 1 aliphatic rings. The van der Waals surface area contributed by atoms with Gasteiger partial charge in [0.25, 0.3) is 11.8 Å². The van der Waals surface area contributed by atoms with Crippen LogP contribution in [0.1, 0.15) is 45.4 Å². The summed E-state index contributed by atoms with van der Waals surface area (Å²) in [7, 11) is 0. The number of carbonyl (C=O) groups is 2. The number of amides is 2. The maximum Gasteiger partial charge on any atom is 0.281 e. The number of nitrogens with zero attached hydrogens (tertiary/aromatic N) is 4. The molecule has 0 spiro atoms. The van der Waals surface area contributed by atoms with Gasteiger partial charge in [-0.15, -0.1) is 10.2 Å². The number of carbonyl (C=O) groups excluding carboxylic acids is 2. The molecule has 28 heavy (non-hydrogen) atoms. The number of aryl methyl sites for hydroxylation is 1. The summed E-state index contributed by atoms with van der Waals surface area (Å²) in [5, 5.41) is 10.8. The fraction of sp³-hybridized carbons (Fsp3) is 0.200. The number of hydrogen-bond donors (Lipinski definition) is 0. The van der Waals surface area contributed by atoms with E-state index in [1.54, 1.807) is 28.9 Å². The van der Waals surface area contributed by atoms with Crippen molar-refractivity contribution in [2.24, 2.45) is 0 Å². The molecule has 4 rings (SSSR count). The van der Waals surface area contributed by atoms with Gasteiger partial charge in [0.2, 0.25) is 5.16 Å². The first kappa shape index (κ1) is 18.7. The third-order valence-corrected chi connectivity index (χ3v) is 5.77. The van der Waals surface area contributed by atoms with Gasteiger partial charge in [0, 0.05) is 17.2 Å². The molecule has 142 valence electrons. The van der Waals surface area contributed by atoms with Crippen molar-refractivity contribution in [3.63, 3.8) is 0 Å². The molecule has 0 aliphatic carbocycles. The molecule has 3 aromatic rings. The fourth-order valence-corrected chi connectivity index (χ4v) is 4.31. The molecule has 0 atom stereocenters. The predicted octanol–water partition coefficient (Wildman–Crippen LogP) is 4.11. The highest BCUT2D eigenvalue weighted by Crippen LogP contribution is 2.29. The SMILES string of the molecule is CCCc1nnc(SCc2ccccc2Cl)n1N1C(=O)c2ccccc2C1=O. The first-order valence-corrected chi connectivity index (χ1v) is 10.3. The van der Waals surface area contributed by atoms with E-state index in [-0.39, 0.29) is 11.8 Å². The lowest BCUT2D eigenvalue weighted by Crippen LogP contribution is -2.41. The number of aromatic nitrogens is 3. The van der Waals surface area contributed by atoms with E-state index in [1.807, 2.05) is 31.2 Å². The van der Waals surface area contributed by atoms with E-state index in [9.17, 15) is 9.59 Å². The number of hydrogen-bond acceptors (Lipinski definition) is 5. The Morgan fingerprint density at radius 3 is 2.25 bits per heavy atom. The summed E-state index contributed by atoms with van der Waals surface area (Å²) in [6.45, 7) is 2.01. The van der Waals surface area contributed by atoms with E-state index in [4.69, 9.17) is 11.6 Å². The average Bonchev–Trinajstić information content (AvgIpc) is 3.20. The summed E-state index contributed by atoms with van der Waals surface area (Å²) in [6, 6.07) is 14.4. The van der Waals surface area contributed by atoms with Gasteiger partial charge in [-0.1, -0.05) is 60.6 Å². The number of halogens is 1. The Kier molecular flexibility index (Phi) is 5.19. The molecule has 2 aromatic carbocycles. The summed E-state index contributed by atoms with van der Waals surface area (Å²) in [4.78, 5) is 25.9. The highest BCUT2D eigenvalue weighted by atomic mass is 35.5. The largest absolute Gasteiger partial charge is 0.281 e. The van der Waals surface area contributed by atoms with E-state index >= 15 is 0 Å². The van der Waals surface area contributed by atoms with Crippen molar-refractivity contribution >= 4 is 35.2 Å². The standard InChI is InChI=1S/C20H17ClN4O2S/c1-2-7-17-22-23-20(28-12-13-8-3-6-11-16(13)21)24(17)25-18(26)14-9-4-5-10-15(14)19(25)27/h3-6,8-11H,2,7,12H2,1H3. The average molecular weight is 413 g/mol. The van der Waals surface area contributed by atoms with Crippen molar-refractivity contribution in [3.8, 4) is 0 Å². The van der Waals surface area contributed by atoms with Crippen molar-refractivity contribution in [1.29, 1.82) is 0 Å². The lowest BCUT2D eigenvalue weighted by Gasteiger charge is -2.19. The van der Waals surface area contributed by atoms with Crippen LogP contribution < -0.4 is 5.01 Å². The van der Waals surface area contributed by atoms with E-state index in [2.05, 4.69) is 10.2 Å². The van der Waals surface area contributed by atoms with Crippen LogP contribution in [0.15, 0.2) is 53.7 Å². The first-order chi connectivity index (χ1) is 13.6. The number of fused-ring (bicyclic) bond motifs is 1. The Morgan fingerprint density at radius 2 is 1.61 bits per heavy atom. The van der Waals surface area contributed by atoms with E-state index < -0.39 is 0 Å². The molecular weight excluding hydrogens is 396 g/mol. The second-order valence-electron chi connectivity index (χ2n) is 6.31. The molecule has 0 N–H and O–H groups in total. The van der Waals surface area contributed by atoms with Gasteiger partial charge in [0.15, 0.2) is 5.82 Å². The van der Waals surface area contributed by atoms with Crippen molar-refractivity contribution in [2.45, 2.75) is 30.7 Å². The van der Waals surface area contributed by atoms with E-state index in [0.29, 0.717) is 39.3 Å². The second kappa shape index (κ2) is 7.77. The summed E-state index contributed by atoms with van der Waals surface area (Å²) in [6.07, 6.45) is 1.42. The zero-order valence-corrected chi connectivity index (χ0v) is 16.7. The third kappa shape index (κ3) is 3.21. The van der Waals surface area contributed by atoms with Crippen LogP contribution in [-0.4, -0.2) is 26.7 Å². The quantitative estimate of drug-likeness (QED) is 0.450. The summed E-state index contributed by atoms with van der Waals surface area (Å²) < 4.78 is 1.55. The second-order valence-corrected chi connectivity index (χ2v) is 7.66. The van der Waals surface area contributed by atoms with Crippen molar-refractivity contribution in [2.75, 3.05) is 5.01 Å². The topological polar surface area (TPSA) is 68.1 Å². The highest BCUT2D eigenvalue weighted by molar-refractivity contribution is 7.98.